The molecular formula is C6H13NO5S. The van der Waals surface area contributed by atoms with Crippen molar-refractivity contribution in [1.29, 1.82) is 0 Å². The van der Waals surface area contributed by atoms with Crippen molar-refractivity contribution in [3.8, 4) is 0 Å². The Morgan fingerprint density at radius 1 is 1.54 bits per heavy atom. The third-order valence-corrected chi connectivity index (χ3v) is 2.62. The first-order chi connectivity index (χ1) is 6.02. The first kappa shape index (κ1) is 12.3. The summed E-state index contributed by atoms with van der Waals surface area (Å²) >= 11 is 0. The summed E-state index contributed by atoms with van der Waals surface area (Å²) in [6.07, 6.45) is -0.183. The van der Waals surface area contributed by atoms with Crippen LogP contribution in [0.25, 0.3) is 0 Å². The molecule has 2 N–H and O–H groups in total. The zero-order chi connectivity index (χ0) is 10.3. The van der Waals surface area contributed by atoms with Gasteiger partial charge in [-0.2, -0.15) is 0 Å². The number of aliphatic hydroxyl groups is 1. The minimum absolute atomic E-state index is 0.0382. The van der Waals surface area contributed by atoms with E-state index < -0.39 is 16.0 Å². The van der Waals surface area contributed by atoms with E-state index in [1.165, 1.54) is 7.11 Å². The number of ether oxygens (including phenoxy) is 1. The van der Waals surface area contributed by atoms with Gasteiger partial charge in [0.1, 0.15) is 0 Å². The fourth-order valence-corrected chi connectivity index (χ4v) is 1.58. The van der Waals surface area contributed by atoms with Crippen molar-refractivity contribution < 1.29 is 23.1 Å². The molecular weight excluding hydrogens is 198 g/mol. The summed E-state index contributed by atoms with van der Waals surface area (Å²) in [5.74, 6) is -0.894. The molecule has 13 heavy (non-hydrogen) atoms. The second kappa shape index (κ2) is 5.90. The highest BCUT2D eigenvalue weighted by Crippen LogP contribution is 1.91. The van der Waals surface area contributed by atoms with E-state index in [0.717, 1.165) is 0 Å². The van der Waals surface area contributed by atoms with Crippen molar-refractivity contribution in [2.45, 2.75) is 6.42 Å². The van der Waals surface area contributed by atoms with Crippen LogP contribution in [0.3, 0.4) is 0 Å². The molecule has 0 saturated heterocycles. The van der Waals surface area contributed by atoms with E-state index in [2.05, 4.69) is 9.46 Å². The molecule has 0 fully saturated rings. The van der Waals surface area contributed by atoms with Crippen LogP contribution >= 0.6 is 0 Å². The fraction of sp³-hybridized carbons (Fsp3) is 0.833. The van der Waals surface area contributed by atoms with Crippen LogP contribution in [0.2, 0.25) is 0 Å². The average molecular weight is 211 g/mol. The average Bonchev–Trinajstić information content (AvgIpc) is 2.11. The van der Waals surface area contributed by atoms with Crippen LogP contribution in [0.15, 0.2) is 0 Å². The molecule has 7 heteroatoms. The molecule has 0 atom stereocenters. The minimum atomic E-state index is -3.46. The first-order valence-electron chi connectivity index (χ1n) is 3.67. The molecule has 0 saturated carbocycles. The quantitative estimate of drug-likeness (QED) is 0.519. The number of carbonyl (C=O) groups excluding carboxylic acids is 1. The predicted molar refractivity (Wildman–Crippen MR) is 45.5 cm³/mol. The van der Waals surface area contributed by atoms with Gasteiger partial charge >= 0.3 is 5.97 Å². The summed E-state index contributed by atoms with van der Waals surface area (Å²) in [7, 11) is -2.27. The smallest absolute Gasteiger partial charge is 0.306 e. The maximum absolute atomic E-state index is 11.0. The van der Waals surface area contributed by atoms with Gasteiger partial charge in [0.05, 0.1) is 25.9 Å². The lowest BCUT2D eigenvalue weighted by Gasteiger charge is -2.03. The van der Waals surface area contributed by atoms with Crippen LogP contribution in [0.4, 0.5) is 0 Å². The predicted octanol–water partition coefficient (Wildman–Crippen LogP) is -1.54. The van der Waals surface area contributed by atoms with Crippen LogP contribution in [0, 0.1) is 0 Å². The molecule has 0 bridgehead atoms. The number of esters is 1. The highest BCUT2D eigenvalue weighted by Gasteiger charge is 2.12. The second-order valence-corrected chi connectivity index (χ2v) is 4.19. The highest BCUT2D eigenvalue weighted by molar-refractivity contribution is 7.89. The number of hydrogen-bond acceptors (Lipinski definition) is 5. The van der Waals surface area contributed by atoms with Gasteiger partial charge in [-0.05, 0) is 0 Å². The molecule has 6 nitrogen and oxygen atoms in total. The van der Waals surface area contributed by atoms with Gasteiger partial charge in [-0.25, -0.2) is 13.1 Å². The number of rotatable bonds is 6. The molecule has 0 aromatic carbocycles. The molecule has 0 amide bonds. The molecule has 0 radical (unpaired) electrons. The number of nitrogens with one attached hydrogen (secondary N) is 1. The van der Waals surface area contributed by atoms with E-state index in [9.17, 15) is 13.2 Å². The summed E-state index contributed by atoms with van der Waals surface area (Å²) in [5.41, 5.74) is 0. The van der Waals surface area contributed by atoms with Crippen molar-refractivity contribution in [3.63, 3.8) is 0 Å². The first-order valence-corrected chi connectivity index (χ1v) is 5.32. The highest BCUT2D eigenvalue weighted by atomic mass is 32.2. The van der Waals surface area contributed by atoms with Crippen LogP contribution < -0.4 is 4.72 Å². The summed E-state index contributed by atoms with van der Waals surface area (Å²) in [6.45, 7) is -0.305. The molecule has 0 rings (SSSR count). The Bertz CT molecular complexity index is 248. The number of methoxy groups -OCH3 is 1. The Labute approximate surface area is 76.9 Å². The maximum Gasteiger partial charge on any atom is 0.306 e. The maximum atomic E-state index is 11.0. The molecule has 0 aromatic heterocycles. The molecule has 0 aromatic rings. The summed E-state index contributed by atoms with van der Waals surface area (Å²) in [5, 5.41) is 8.33. The van der Waals surface area contributed by atoms with Gasteiger partial charge in [0.15, 0.2) is 0 Å². The van der Waals surface area contributed by atoms with Gasteiger partial charge in [-0.15, -0.1) is 0 Å². The molecule has 0 spiro atoms. The Kier molecular flexibility index (Phi) is 5.60. The number of hydrogen-bond donors (Lipinski definition) is 2. The lowest BCUT2D eigenvalue weighted by Crippen LogP contribution is -2.30. The molecule has 78 valence electrons. The second-order valence-electron chi connectivity index (χ2n) is 2.26. The van der Waals surface area contributed by atoms with Crippen molar-refractivity contribution in [3.05, 3.63) is 0 Å². The van der Waals surface area contributed by atoms with E-state index in [-0.39, 0.29) is 25.3 Å². The Hall–Kier alpha value is -0.660. The van der Waals surface area contributed by atoms with Gasteiger partial charge in [-0.3, -0.25) is 4.79 Å². The zero-order valence-corrected chi connectivity index (χ0v) is 8.13. The Morgan fingerprint density at radius 2 is 2.15 bits per heavy atom. The third kappa shape index (κ3) is 6.50. The normalized spacial score (nSPS) is 11.2. The summed E-state index contributed by atoms with van der Waals surface area (Å²) < 4.78 is 28.3. The van der Waals surface area contributed by atoms with Crippen molar-refractivity contribution in [2.24, 2.45) is 0 Å². The van der Waals surface area contributed by atoms with E-state index in [4.69, 9.17) is 5.11 Å². The van der Waals surface area contributed by atoms with Crippen molar-refractivity contribution >= 4 is 16.0 Å². The van der Waals surface area contributed by atoms with Crippen molar-refractivity contribution in [1.82, 2.24) is 4.72 Å². The molecule has 0 aliphatic carbocycles. The van der Waals surface area contributed by atoms with Crippen LogP contribution in [-0.4, -0.2) is 45.5 Å². The van der Waals surface area contributed by atoms with Gasteiger partial charge in [-0.1, -0.05) is 0 Å². The standard InChI is InChI=1S/C6H13NO5S/c1-12-6(9)2-5-13(10,11)7-3-4-8/h7-8H,2-5H2,1H3. The Balaban J connectivity index is 3.83. The number of aliphatic hydroxyl groups excluding tert-OH is 1. The fourth-order valence-electron chi connectivity index (χ4n) is 0.593. The van der Waals surface area contributed by atoms with E-state index in [1.807, 2.05) is 0 Å². The van der Waals surface area contributed by atoms with Crippen LogP contribution in [0.5, 0.6) is 0 Å². The van der Waals surface area contributed by atoms with Crippen LogP contribution in [0.1, 0.15) is 6.42 Å². The largest absolute Gasteiger partial charge is 0.469 e. The molecule has 0 heterocycles. The van der Waals surface area contributed by atoms with Gasteiger partial charge in [0.25, 0.3) is 0 Å². The van der Waals surface area contributed by atoms with Crippen LogP contribution in [-0.2, 0) is 19.6 Å². The van der Waals surface area contributed by atoms with Gasteiger partial charge < -0.3 is 9.84 Å². The third-order valence-electron chi connectivity index (χ3n) is 1.24. The minimum Gasteiger partial charge on any atom is -0.469 e. The number of carbonyl (C=O) groups is 1. The van der Waals surface area contributed by atoms with Crippen molar-refractivity contribution in [2.75, 3.05) is 26.0 Å². The van der Waals surface area contributed by atoms with E-state index in [0.29, 0.717) is 0 Å². The van der Waals surface area contributed by atoms with E-state index >= 15 is 0 Å². The lowest BCUT2D eigenvalue weighted by atomic mass is 10.5. The van der Waals surface area contributed by atoms with E-state index in [1.54, 1.807) is 0 Å². The Morgan fingerprint density at radius 3 is 2.62 bits per heavy atom. The topological polar surface area (TPSA) is 92.7 Å². The lowest BCUT2D eigenvalue weighted by molar-refractivity contribution is -0.140. The summed E-state index contributed by atoms with van der Waals surface area (Å²) in [4.78, 5) is 10.6. The number of sulfonamides is 1. The molecule has 0 unspecified atom stereocenters. The molecule has 0 aliphatic rings. The van der Waals surface area contributed by atoms with Gasteiger partial charge in [0.2, 0.25) is 10.0 Å². The van der Waals surface area contributed by atoms with Gasteiger partial charge in [0, 0.05) is 6.54 Å². The molecule has 0 aliphatic heterocycles. The summed E-state index contributed by atoms with van der Waals surface area (Å²) in [6, 6.07) is 0. The monoisotopic (exact) mass is 211 g/mol. The SMILES string of the molecule is COC(=O)CCS(=O)(=O)NCCO. The zero-order valence-electron chi connectivity index (χ0n) is 7.32.